The lowest BCUT2D eigenvalue weighted by atomic mass is 9.94. The van der Waals surface area contributed by atoms with Crippen LogP contribution in [0, 0.1) is 5.82 Å². The maximum absolute atomic E-state index is 13.3. The van der Waals surface area contributed by atoms with Crippen LogP contribution in [-0.4, -0.2) is 27.9 Å². The lowest BCUT2D eigenvalue weighted by Gasteiger charge is -2.30. The van der Waals surface area contributed by atoms with Crippen LogP contribution in [-0.2, 0) is 16.5 Å². The van der Waals surface area contributed by atoms with Gasteiger partial charge in [-0.1, -0.05) is 30.3 Å². The monoisotopic (exact) mass is 487 g/mol. The quantitative estimate of drug-likeness (QED) is 0.526. The zero-order chi connectivity index (χ0) is 24.2. The van der Waals surface area contributed by atoms with Crippen molar-refractivity contribution in [2.45, 2.75) is 59.9 Å². The maximum Gasteiger partial charge on any atom is 0.435 e. The number of hydrogen-bond donors (Lipinski definition) is 1. The van der Waals surface area contributed by atoms with Gasteiger partial charge in [-0.15, -0.1) is 0 Å². The fourth-order valence-corrected chi connectivity index (χ4v) is 4.71. The van der Waals surface area contributed by atoms with Crippen molar-refractivity contribution in [2.75, 3.05) is 0 Å². The summed E-state index contributed by atoms with van der Waals surface area (Å²) in [7, 11) is -1.02. The maximum atomic E-state index is 13.3. The van der Waals surface area contributed by atoms with Crippen LogP contribution in [0.15, 0.2) is 59.5 Å². The first-order chi connectivity index (χ1) is 14.8. The minimum Gasteiger partial charge on any atom is -0.328 e. The molecule has 178 valence electrons. The molecule has 1 saturated carbocycles. The van der Waals surface area contributed by atoms with Crippen molar-refractivity contribution in [2.24, 2.45) is 5.73 Å². The summed E-state index contributed by atoms with van der Waals surface area (Å²) in [4.78, 5) is 0.724. The Morgan fingerprint density at radius 3 is 1.66 bits per heavy atom. The molecule has 2 aromatic carbocycles. The van der Waals surface area contributed by atoms with Gasteiger partial charge in [-0.2, -0.15) is 26.3 Å². The number of nitrogens with two attached hydrogens (primary N) is 1. The second-order valence-corrected chi connectivity index (χ2v) is 9.04. The molecular weight excluding hydrogens is 466 g/mol. The summed E-state index contributed by atoms with van der Waals surface area (Å²) in [5.41, 5.74) is -1.00. The Labute approximate surface area is 182 Å². The predicted molar refractivity (Wildman–Crippen MR) is 104 cm³/mol. The van der Waals surface area contributed by atoms with Crippen molar-refractivity contribution in [1.29, 1.82) is 0 Å². The van der Waals surface area contributed by atoms with Crippen LogP contribution < -0.4 is 5.73 Å². The summed E-state index contributed by atoms with van der Waals surface area (Å²) in [5.74, 6) is -0.286. The van der Waals surface area contributed by atoms with Gasteiger partial charge in [0.15, 0.2) is 0 Å². The van der Waals surface area contributed by atoms with E-state index in [0.717, 1.165) is 42.7 Å². The van der Waals surface area contributed by atoms with Crippen LogP contribution in [0.5, 0.6) is 0 Å². The van der Waals surface area contributed by atoms with Crippen LogP contribution in [0.3, 0.4) is 0 Å². The van der Waals surface area contributed by atoms with Crippen LogP contribution in [0.1, 0.15) is 31.2 Å². The molecule has 11 heteroatoms. The first-order valence-corrected chi connectivity index (χ1v) is 10.8. The highest BCUT2D eigenvalue weighted by molar-refractivity contribution is 7.85. The lowest BCUT2D eigenvalue weighted by Crippen LogP contribution is -2.50. The first-order valence-electron chi connectivity index (χ1n) is 9.57. The average Bonchev–Trinajstić information content (AvgIpc) is 2.73. The van der Waals surface area contributed by atoms with E-state index in [0.29, 0.717) is 12.1 Å². The van der Waals surface area contributed by atoms with E-state index in [4.69, 9.17) is 5.73 Å². The molecular formula is C21H21F8NOS. The lowest BCUT2D eigenvalue weighted by molar-refractivity contribution is -0.348. The minimum absolute atomic E-state index is 0.185. The van der Waals surface area contributed by atoms with Crippen molar-refractivity contribution in [3.05, 3.63) is 66.0 Å². The SMILES string of the molecule is FC(F)(F)C(F)(c1ccccc1)C(F)(F)F.NC1CCC(S(=O)c2ccc(F)cc2)CC1. The molecule has 0 radical (unpaired) electrons. The van der Waals surface area contributed by atoms with E-state index < -0.39 is 34.4 Å². The molecule has 0 heterocycles. The van der Waals surface area contributed by atoms with Gasteiger partial charge in [0.1, 0.15) is 5.82 Å². The van der Waals surface area contributed by atoms with Gasteiger partial charge in [0.25, 0.3) is 0 Å². The summed E-state index contributed by atoms with van der Waals surface area (Å²) >= 11 is 0. The van der Waals surface area contributed by atoms with Gasteiger partial charge in [0, 0.05) is 21.8 Å². The summed E-state index contributed by atoms with van der Waals surface area (Å²) in [5, 5.41) is 0.185. The van der Waals surface area contributed by atoms with Gasteiger partial charge in [0.05, 0.1) is 10.8 Å². The molecule has 0 aromatic heterocycles. The predicted octanol–water partition coefficient (Wildman–Crippen LogP) is 6.18. The third-order valence-electron chi connectivity index (χ3n) is 5.02. The van der Waals surface area contributed by atoms with E-state index >= 15 is 0 Å². The van der Waals surface area contributed by atoms with E-state index in [9.17, 15) is 39.3 Å². The van der Waals surface area contributed by atoms with Crippen LogP contribution in [0.25, 0.3) is 0 Å². The molecule has 2 nitrogen and oxygen atoms in total. The van der Waals surface area contributed by atoms with Gasteiger partial charge in [-0.3, -0.25) is 4.21 Å². The Morgan fingerprint density at radius 1 is 0.750 bits per heavy atom. The molecule has 2 N–H and O–H groups in total. The fourth-order valence-electron chi connectivity index (χ4n) is 3.22. The zero-order valence-corrected chi connectivity index (χ0v) is 17.4. The molecule has 0 bridgehead atoms. The molecule has 32 heavy (non-hydrogen) atoms. The van der Waals surface area contributed by atoms with Gasteiger partial charge in [-0.25, -0.2) is 8.78 Å². The van der Waals surface area contributed by atoms with Gasteiger partial charge in [0.2, 0.25) is 0 Å². The molecule has 0 amide bonds. The Morgan fingerprint density at radius 2 is 1.22 bits per heavy atom. The van der Waals surface area contributed by atoms with Crippen LogP contribution >= 0.6 is 0 Å². The molecule has 0 saturated heterocycles. The largest absolute Gasteiger partial charge is 0.435 e. The zero-order valence-electron chi connectivity index (χ0n) is 16.6. The second-order valence-electron chi connectivity index (χ2n) is 7.31. The van der Waals surface area contributed by atoms with E-state index in [1.807, 2.05) is 0 Å². The van der Waals surface area contributed by atoms with Crippen molar-refractivity contribution < 1.29 is 39.3 Å². The minimum atomic E-state index is -6.05. The number of rotatable bonds is 3. The Kier molecular flexibility index (Phi) is 8.44. The molecule has 1 aliphatic carbocycles. The summed E-state index contributed by atoms with van der Waals surface area (Å²) in [6, 6.07) is 10.1. The smallest absolute Gasteiger partial charge is 0.328 e. The van der Waals surface area contributed by atoms with Crippen molar-refractivity contribution in [3.8, 4) is 0 Å². The van der Waals surface area contributed by atoms with E-state index in [1.54, 1.807) is 12.1 Å². The Bertz CT molecular complexity index is 861. The van der Waals surface area contributed by atoms with Crippen molar-refractivity contribution in [1.82, 2.24) is 0 Å². The van der Waals surface area contributed by atoms with E-state index in [1.165, 1.54) is 18.2 Å². The second kappa shape index (κ2) is 10.3. The summed E-state index contributed by atoms with van der Waals surface area (Å²) < 4.78 is 111. The number of alkyl halides is 7. The third kappa shape index (κ3) is 6.06. The topological polar surface area (TPSA) is 43.1 Å². The normalized spacial score (nSPS) is 20.8. The van der Waals surface area contributed by atoms with Crippen molar-refractivity contribution in [3.63, 3.8) is 0 Å². The molecule has 1 aliphatic rings. The third-order valence-corrected chi connectivity index (χ3v) is 6.83. The van der Waals surface area contributed by atoms with Crippen molar-refractivity contribution >= 4 is 10.8 Å². The molecule has 3 rings (SSSR count). The van der Waals surface area contributed by atoms with Gasteiger partial charge >= 0.3 is 18.0 Å². The number of halogens is 8. The molecule has 1 fully saturated rings. The fraction of sp³-hybridized carbons (Fsp3) is 0.429. The summed E-state index contributed by atoms with van der Waals surface area (Å²) in [6.07, 6.45) is -8.40. The Balaban J connectivity index is 0.000000227. The highest BCUT2D eigenvalue weighted by atomic mass is 32.2. The van der Waals surface area contributed by atoms with E-state index in [2.05, 4.69) is 0 Å². The standard InChI is InChI=1S/C12H16FNOS.C9H5F7/c13-9-1-5-11(6-2-9)16(15)12-7-3-10(14)4-8-12;10-7(8(11,12)13,9(14,15)16)6-4-2-1-3-5-6/h1-2,5-6,10,12H,3-4,7-8,14H2;1-5H. The average molecular weight is 487 g/mol. The first kappa shape index (κ1) is 26.2. The number of benzene rings is 2. The van der Waals surface area contributed by atoms with Crippen LogP contribution in [0.2, 0.25) is 0 Å². The highest BCUT2D eigenvalue weighted by Crippen LogP contribution is 2.52. The van der Waals surface area contributed by atoms with Gasteiger partial charge in [-0.05, 0) is 49.9 Å². The molecule has 0 spiro atoms. The highest BCUT2D eigenvalue weighted by Gasteiger charge is 2.73. The van der Waals surface area contributed by atoms with Gasteiger partial charge < -0.3 is 5.73 Å². The molecule has 0 aliphatic heterocycles. The molecule has 1 unspecified atom stereocenters. The molecule has 1 atom stereocenters. The van der Waals surface area contributed by atoms with E-state index in [-0.39, 0.29) is 17.1 Å². The van der Waals surface area contributed by atoms with Crippen LogP contribution in [0.4, 0.5) is 35.1 Å². The Hall–Kier alpha value is -2.01. The molecule has 2 aromatic rings. The summed E-state index contributed by atoms with van der Waals surface area (Å²) in [6.45, 7) is 0. The number of hydrogen-bond acceptors (Lipinski definition) is 2.